The topological polar surface area (TPSA) is 107 Å². The van der Waals surface area contributed by atoms with E-state index in [1.54, 1.807) is 54.9 Å². The summed E-state index contributed by atoms with van der Waals surface area (Å²) in [6.07, 6.45) is 3.27. The zero-order valence-electron chi connectivity index (χ0n) is 20.5. The number of rotatable bonds is 7. The first-order chi connectivity index (χ1) is 18.0. The molecule has 0 bridgehead atoms. The molecule has 1 amide bonds. The molecule has 9 heteroatoms. The average Bonchev–Trinajstić information content (AvgIpc) is 3.18. The molecule has 1 fully saturated rings. The summed E-state index contributed by atoms with van der Waals surface area (Å²) in [6, 6.07) is 12.8. The number of nitrogens with zero attached hydrogens (tertiary/aromatic N) is 2. The molecule has 3 heterocycles. The van der Waals surface area contributed by atoms with Crippen LogP contribution >= 0.6 is 0 Å². The highest BCUT2D eigenvalue weighted by atomic mass is 16.6. The van der Waals surface area contributed by atoms with Gasteiger partial charge in [-0.2, -0.15) is 0 Å². The second-order valence-corrected chi connectivity index (χ2v) is 8.49. The van der Waals surface area contributed by atoms with Crippen molar-refractivity contribution in [3.63, 3.8) is 0 Å². The number of aliphatic hydroxyl groups excluding tert-OH is 1. The second kappa shape index (κ2) is 10.2. The van der Waals surface area contributed by atoms with Crippen LogP contribution < -0.4 is 18.9 Å². The molecule has 0 unspecified atom stereocenters. The minimum Gasteiger partial charge on any atom is -0.507 e. The van der Waals surface area contributed by atoms with E-state index < -0.39 is 17.7 Å². The predicted octanol–water partition coefficient (Wildman–Crippen LogP) is 3.88. The van der Waals surface area contributed by atoms with Crippen molar-refractivity contribution < 1.29 is 33.6 Å². The van der Waals surface area contributed by atoms with E-state index >= 15 is 0 Å². The minimum atomic E-state index is -0.877. The van der Waals surface area contributed by atoms with Crippen LogP contribution in [0.3, 0.4) is 0 Å². The Labute approximate surface area is 213 Å². The van der Waals surface area contributed by atoms with Crippen LogP contribution in [-0.2, 0) is 16.1 Å². The van der Waals surface area contributed by atoms with Crippen LogP contribution in [0.25, 0.3) is 5.76 Å². The van der Waals surface area contributed by atoms with Crippen molar-refractivity contribution in [2.75, 3.05) is 26.9 Å². The predicted molar refractivity (Wildman–Crippen MR) is 134 cm³/mol. The van der Waals surface area contributed by atoms with E-state index in [4.69, 9.17) is 18.9 Å². The molecule has 1 aromatic heterocycles. The number of methoxy groups -OCH3 is 1. The van der Waals surface area contributed by atoms with Crippen molar-refractivity contribution >= 4 is 17.4 Å². The summed E-state index contributed by atoms with van der Waals surface area (Å²) in [5, 5.41) is 11.4. The molecule has 2 aromatic carbocycles. The summed E-state index contributed by atoms with van der Waals surface area (Å²) in [6.45, 7) is 3.23. The Morgan fingerprint density at radius 3 is 2.62 bits per heavy atom. The van der Waals surface area contributed by atoms with Crippen LogP contribution in [0.5, 0.6) is 23.0 Å². The molecular weight excluding hydrogens is 476 g/mol. The number of amides is 1. The molecule has 0 saturated carbocycles. The number of carbonyl (C=O) groups is 2. The number of aliphatic hydroxyl groups is 1. The van der Waals surface area contributed by atoms with E-state index in [9.17, 15) is 14.7 Å². The van der Waals surface area contributed by atoms with Gasteiger partial charge < -0.3 is 29.0 Å². The fraction of sp³-hybridized carbons (Fsp3) is 0.250. The highest BCUT2D eigenvalue weighted by Crippen LogP contribution is 2.43. The lowest BCUT2D eigenvalue weighted by Crippen LogP contribution is -2.29. The number of likely N-dealkylation sites (tertiary alicyclic amines) is 1. The summed E-state index contributed by atoms with van der Waals surface area (Å²) in [5.41, 5.74) is 1.64. The molecule has 1 atom stereocenters. The lowest BCUT2D eigenvalue weighted by molar-refractivity contribution is -0.140. The van der Waals surface area contributed by atoms with Crippen molar-refractivity contribution in [1.29, 1.82) is 0 Å². The van der Waals surface area contributed by atoms with Gasteiger partial charge in [-0.1, -0.05) is 12.1 Å². The van der Waals surface area contributed by atoms with E-state index in [1.807, 2.05) is 13.0 Å². The largest absolute Gasteiger partial charge is 0.507 e. The number of ketones is 1. The Balaban J connectivity index is 1.65. The molecular formula is C28H26N2O7. The molecule has 5 rings (SSSR count). The third-order valence-corrected chi connectivity index (χ3v) is 6.23. The van der Waals surface area contributed by atoms with Gasteiger partial charge in [0.05, 0.1) is 25.3 Å². The lowest BCUT2D eigenvalue weighted by Gasteiger charge is -2.26. The summed E-state index contributed by atoms with van der Waals surface area (Å²) < 4.78 is 22.4. The quantitative estimate of drug-likeness (QED) is 0.295. The van der Waals surface area contributed by atoms with Gasteiger partial charge >= 0.3 is 0 Å². The van der Waals surface area contributed by atoms with Gasteiger partial charge in [-0.25, -0.2) is 0 Å². The second-order valence-electron chi connectivity index (χ2n) is 8.49. The van der Waals surface area contributed by atoms with Crippen molar-refractivity contribution in [2.24, 2.45) is 0 Å². The molecule has 1 N–H and O–H groups in total. The third-order valence-electron chi connectivity index (χ3n) is 6.23. The normalized spacial score (nSPS) is 18.1. The van der Waals surface area contributed by atoms with Crippen LogP contribution in [-0.4, -0.2) is 53.6 Å². The molecule has 190 valence electrons. The highest BCUT2D eigenvalue weighted by molar-refractivity contribution is 6.46. The number of ether oxygens (including phenoxy) is 4. The lowest BCUT2D eigenvalue weighted by atomic mass is 9.94. The average molecular weight is 503 g/mol. The fourth-order valence-corrected chi connectivity index (χ4v) is 4.55. The van der Waals surface area contributed by atoms with Gasteiger partial charge in [-0.15, -0.1) is 0 Å². The first-order valence-electron chi connectivity index (χ1n) is 11.9. The smallest absolute Gasteiger partial charge is 0.295 e. The minimum absolute atomic E-state index is 0.0308. The van der Waals surface area contributed by atoms with Crippen molar-refractivity contribution in [3.8, 4) is 23.0 Å². The standard InChI is InChI=1S/C28H26N2O7/c1-3-35-20-8-6-18(13-22(20)34-2)25-24(26(31)19-7-9-21-23(14-19)37-12-11-36-21)27(32)28(33)30(25)16-17-5-4-10-29-15-17/h4-10,13-15,25,31H,3,11-12,16H2,1-2H3/t25-/m0/s1. The number of hydrogen-bond acceptors (Lipinski definition) is 8. The molecule has 3 aromatic rings. The maximum atomic E-state index is 13.4. The Kier molecular flexibility index (Phi) is 6.68. The molecule has 37 heavy (non-hydrogen) atoms. The van der Waals surface area contributed by atoms with Crippen LogP contribution in [0.15, 0.2) is 66.5 Å². The Hall–Kier alpha value is -4.53. The zero-order chi connectivity index (χ0) is 25.9. The summed E-state index contributed by atoms with van der Waals surface area (Å²) in [5.74, 6) is 0.180. The first kappa shape index (κ1) is 24.2. The summed E-state index contributed by atoms with van der Waals surface area (Å²) in [4.78, 5) is 32.2. The van der Waals surface area contributed by atoms with E-state index in [0.29, 0.717) is 53.9 Å². The van der Waals surface area contributed by atoms with Crippen molar-refractivity contribution in [1.82, 2.24) is 9.88 Å². The van der Waals surface area contributed by atoms with Crippen LogP contribution in [0.4, 0.5) is 0 Å². The number of hydrogen-bond donors (Lipinski definition) is 1. The summed E-state index contributed by atoms with van der Waals surface area (Å²) >= 11 is 0. The fourth-order valence-electron chi connectivity index (χ4n) is 4.55. The van der Waals surface area contributed by atoms with Gasteiger partial charge in [0.1, 0.15) is 19.0 Å². The Morgan fingerprint density at radius 1 is 1.08 bits per heavy atom. The maximum absolute atomic E-state index is 13.4. The van der Waals surface area contributed by atoms with E-state index in [1.165, 1.54) is 12.0 Å². The van der Waals surface area contributed by atoms with Crippen LogP contribution in [0, 0.1) is 0 Å². The van der Waals surface area contributed by atoms with Gasteiger partial charge in [0.2, 0.25) is 0 Å². The van der Waals surface area contributed by atoms with Crippen molar-refractivity contribution in [2.45, 2.75) is 19.5 Å². The molecule has 2 aliphatic heterocycles. The van der Waals surface area contributed by atoms with Gasteiger partial charge in [0, 0.05) is 24.5 Å². The number of carbonyl (C=O) groups excluding carboxylic acids is 2. The van der Waals surface area contributed by atoms with E-state index in [2.05, 4.69) is 4.98 Å². The SMILES string of the molecule is CCOc1ccc([C@H]2C(=C(O)c3ccc4c(c3)OCCO4)C(=O)C(=O)N2Cc2cccnc2)cc1OC. The molecule has 0 aliphatic carbocycles. The van der Waals surface area contributed by atoms with E-state index in [0.717, 1.165) is 5.56 Å². The van der Waals surface area contributed by atoms with Crippen LogP contribution in [0.1, 0.15) is 29.7 Å². The molecule has 0 radical (unpaired) electrons. The van der Waals surface area contributed by atoms with E-state index in [-0.39, 0.29) is 17.9 Å². The number of Topliss-reactive ketones (excluding diaryl/α,β-unsaturated/α-hetero) is 1. The molecule has 1 saturated heterocycles. The van der Waals surface area contributed by atoms with Gasteiger partial charge in [0.15, 0.2) is 23.0 Å². The molecule has 9 nitrogen and oxygen atoms in total. The molecule has 2 aliphatic rings. The highest BCUT2D eigenvalue weighted by Gasteiger charge is 2.46. The number of pyridine rings is 1. The summed E-state index contributed by atoms with van der Waals surface area (Å²) in [7, 11) is 1.52. The zero-order valence-corrected chi connectivity index (χ0v) is 20.5. The van der Waals surface area contributed by atoms with Gasteiger partial charge in [-0.3, -0.25) is 14.6 Å². The number of benzene rings is 2. The van der Waals surface area contributed by atoms with Gasteiger partial charge in [0.25, 0.3) is 11.7 Å². The maximum Gasteiger partial charge on any atom is 0.295 e. The first-order valence-corrected chi connectivity index (χ1v) is 11.9. The Morgan fingerprint density at radius 2 is 1.89 bits per heavy atom. The van der Waals surface area contributed by atoms with Crippen molar-refractivity contribution in [3.05, 3.63) is 83.2 Å². The monoisotopic (exact) mass is 502 g/mol. The number of aromatic nitrogens is 1. The van der Waals surface area contributed by atoms with Crippen LogP contribution in [0.2, 0.25) is 0 Å². The number of fused-ring (bicyclic) bond motifs is 1. The molecule has 0 spiro atoms. The Bertz CT molecular complexity index is 1370. The third kappa shape index (κ3) is 4.55. The van der Waals surface area contributed by atoms with Gasteiger partial charge in [-0.05, 0) is 54.4 Å².